The maximum Gasteiger partial charge on any atom is 0.484 e. The molecule has 0 radical (unpaired) electrons. The molecule has 0 aromatic heterocycles. The van der Waals surface area contributed by atoms with Crippen LogP contribution in [0.2, 0.25) is 26.2 Å². The van der Waals surface area contributed by atoms with Gasteiger partial charge in [-0.1, -0.05) is 0 Å². The van der Waals surface area contributed by atoms with Crippen LogP contribution in [-0.4, -0.2) is 30.9 Å². The van der Waals surface area contributed by atoms with Crippen LogP contribution in [-0.2, 0) is 31.2 Å². The van der Waals surface area contributed by atoms with Gasteiger partial charge in [0.25, 0.3) is 0 Å². The molecule has 3 aliphatic rings. The Morgan fingerprint density at radius 3 is 1.43 bits per heavy atom. The van der Waals surface area contributed by atoms with E-state index in [1.807, 2.05) is 0 Å². The van der Waals surface area contributed by atoms with Crippen LogP contribution in [0.25, 0.3) is 0 Å². The zero-order valence-electron chi connectivity index (χ0n) is 16.9. The predicted molar refractivity (Wildman–Crippen MR) is 109 cm³/mol. The number of hydrogen-bond acceptors (Lipinski definition) is 4. The molecular formula is C18H18B2F4O4Si2. The average Bonchev–Trinajstić information content (AvgIpc) is 3.19. The first-order valence-electron chi connectivity index (χ1n) is 9.62. The van der Waals surface area contributed by atoms with Crippen molar-refractivity contribution in [3.05, 3.63) is 46.5 Å². The topological polar surface area (TPSA) is 36.9 Å². The molecule has 3 heterocycles. The molecule has 0 fully saturated rings. The summed E-state index contributed by atoms with van der Waals surface area (Å²) in [7, 11) is -8.34. The van der Waals surface area contributed by atoms with E-state index < -0.39 is 54.1 Å². The van der Waals surface area contributed by atoms with Crippen molar-refractivity contribution in [3.63, 3.8) is 0 Å². The quantitative estimate of drug-likeness (QED) is 0.446. The Morgan fingerprint density at radius 1 is 0.700 bits per heavy atom. The third-order valence-corrected chi connectivity index (χ3v) is 10.9. The molecule has 2 aromatic carbocycles. The minimum atomic E-state index is -3.15. The van der Waals surface area contributed by atoms with Crippen molar-refractivity contribution in [2.45, 2.75) is 39.4 Å². The van der Waals surface area contributed by atoms with Crippen molar-refractivity contribution >= 4 is 52.2 Å². The maximum absolute atomic E-state index is 15.1. The average molecular weight is 452 g/mol. The van der Waals surface area contributed by atoms with E-state index in [2.05, 4.69) is 0 Å². The first-order valence-corrected chi connectivity index (χ1v) is 15.4. The SMILES string of the molecule is C[Si]1(C)OB2OCc3cc(F)c(F)c(c32)[Si](C)(C)OB2OCc3cc(F)c(F)c1c32. The standard InChI is InChI=1S/C18H18B2F4O4Si2/c1-29(2)17-13-9(5-11(21)15(17)23)7-26-20(13)28-30(3,4)18-14-10(6-12(22)16(18)24)8-25-19(14)27-29/h5-6H,7-8H2,1-4H3. The third-order valence-electron chi connectivity index (χ3n) is 5.95. The van der Waals surface area contributed by atoms with Gasteiger partial charge in [-0.15, -0.1) is 0 Å². The van der Waals surface area contributed by atoms with Gasteiger partial charge >= 0.3 is 14.2 Å². The molecule has 12 heteroatoms. The van der Waals surface area contributed by atoms with E-state index in [0.29, 0.717) is 22.1 Å². The molecule has 0 amide bonds. The van der Waals surface area contributed by atoms with E-state index in [9.17, 15) is 8.78 Å². The predicted octanol–water partition coefficient (Wildman–Crippen LogP) is 1.26. The highest BCUT2D eigenvalue weighted by Gasteiger charge is 2.52. The van der Waals surface area contributed by atoms with Gasteiger partial charge in [0.05, 0.1) is 13.2 Å². The van der Waals surface area contributed by atoms with Gasteiger partial charge < -0.3 is 18.0 Å². The lowest BCUT2D eigenvalue weighted by atomic mass is 9.79. The summed E-state index contributed by atoms with van der Waals surface area (Å²) in [6, 6.07) is 2.20. The highest BCUT2D eigenvalue weighted by atomic mass is 28.4. The summed E-state index contributed by atoms with van der Waals surface area (Å²) in [5.74, 6) is -3.94. The van der Waals surface area contributed by atoms with Crippen molar-refractivity contribution in [3.8, 4) is 0 Å². The van der Waals surface area contributed by atoms with E-state index in [-0.39, 0.29) is 23.6 Å². The van der Waals surface area contributed by atoms with Crippen LogP contribution in [0.15, 0.2) is 12.1 Å². The van der Waals surface area contributed by atoms with Gasteiger partial charge in [0.1, 0.15) is 0 Å². The zero-order valence-corrected chi connectivity index (χ0v) is 18.9. The molecule has 156 valence electrons. The Labute approximate surface area is 174 Å². The summed E-state index contributed by atoms with van der Waals surface area (Å²) < 4.78 is 82.9. The highest BCUT2D eigenvalue weighted by molar-refractivity contribution is 6.99. The molecule has 3 aliphatic heterocycles. The fraction of sp³-hybridized carbons (Fsp3) is 0.333. The maximum atomic E-state index is 15.1. The summed E-state index contributed by atoms with van der Waals surface area (Å²) in [5, 5.41) is 0.237. The second-order valence-corrected chi connectivity index (χ2v) is 16.3. The normalized spacial score (nSPS) is 20.9. The van der Waals surface area contributed by atoms with Crippen molar-refractivity contribution < 1.29 is 35.6 Å². The molecule has 5 rings (SSSR count). The second-order valence-electron chi connectivity index (χ2n) is 8.78. The Morgan fingerprint density at radius 2 is 1.07 bits per heavy atom. The van der Waals surface area contributed by atoms with Crippen LogP contribution < -0.4 is 21.3 Å². The number of halogens is 4. The number of benzene rings is 2. The smallest absolute Gasteiger partial charge is 0.446 e. The van der Waals surface area contributed by atoms with Gasteiger partial charge in [-0.2, -0.15) is 0 Å². The van der Waals surface area contributed by atoms with Gasteiger partial charge in [0.2, 0.25) is 16.6 Å². The lowest BCUT2D eigenvalue weighted by molar-refractivity contribution is 0.278. The van der Waals surface area contributed by atoms with E-state index in [1.54, 1.807) is 26.2 Å². The van der Waals surface area contributed by atoms with Crippen LogP contribution in [0.1, 0.15) is 11.1 Å². The van der Waals surface area contributed by atoms with Crippen molar-refractivity contribution in [2.24, 2.45) is 0 Å². The summed E-state index contributed by atoms with van der Waals surface area (Å²) >= 11 is 0. The summed E-state index contributed by atoms with van der Waals surface area (Å²) in [4.78, 5) is 0. The first-order chi connectivity index (χ1) is 14.0. The van der Waals surface area contributed by atoms with Crippen LogP contribution in [0.3, 0.4) is 0 Å². The van der Waals surface area contributed by atoms with Gasteiger partial charge in [0.15, 0.2) is 23.3 Å². The minimum Gasteiger partial charge on any atom is -0.446 e. The summed E-state index contributed by atoms with van der Waals surface area (Å²) in [6.07, 6.45) is 0. The lowest BCUT2D eigenvalue weighted by Gasteiger charge is -2.35. The first kappa shape index (κ1) is 20.5. The molecule has 4 nitrogen and oxygen atoms in total. The van der Waals surface area contributed by atoms with Gasteiger partial charge in [-0.05, 0) is 60.4 Å². The Hall–Kier alpha value is -1.44. The van der Waals surface area contributed by atoms with Gasteiger partial charge in [0, 0.05) is 10.4 Å². The molecule has 0 spiro atoms. The molecule has 0 unspecified atom stereocenters. The minimum absolute atomic E-state index is 0.0306. The number of hydrogen-bond donors (Lipinski definition) is 0. The van der Waals surface area contributed by atoms with E-state index in [0.717, 1.165) is 12.1 Å². The Balaban J connectivity index is 1.80. The molecular weight excluding hydrogens is 434 g/mol. The fourth-order valence-electron chi connectivity index (χ4n) is 4.68. The van der Waals surface area contributed by atoms with Crippen LogP contribution in [0, 0.1) is 23.3 Å². The second kappa shape index (κ2) is 6.53. The molecule has 0 saturated heterocycles. The lowest BCUT2D eigenvalue weighted by Crippen LogP contribution is -2.68. The molecule has 30 heavy (non-hydrogen) atoms. The van der Waals surface area contributed by atoms with Crippen LogP contribution in [0.5, 0.6) is 0 Å². The fourth-order valence-corrected chi connectivity index (χ4v) is 9.50. The monoisotopic (exact) mass is 452 g/mol. The zero-order chi connectivity index (χ0) is 21.6. The van der Waals surface area contributed by atoms with E-state index in [1.165, 1.54) is 0 Å². The van der Waals surface area contributed by atoms with Crippen molar-refractivity contribution in [1.82, 2.24) is 0 Å². The van der Waals surface area contributed by atoms with Crippen LogP contribution >= 0.6 is 0 Å². The van der Waals surface area contributed by atoms with Crippen molar-refractivity contribution in [1.29, 1.82) is 0 Å². The highest BCUT2D eigenvalue weighted by Crippen LogP contribution is 2.26. The molecule has 0 N–H and O–H groups in total. The Kier molecular flexibility index (Phi) is 4.46. The third kappa shape index (κ3) is 2.81. The largest absolute Gasteiger partial charge is 0.484 e. The van der Waals surface area contributed by atoms with E-state index >= 15 is 8.78 Å². The van der Waals surface area contributed by atoms with E-state index in [4.69, 9.17) is 18.0 Å². The number of rotatable bonds is 0. The summed E-state index contributed by atoms with van der Waals surface area (Å²) in [5.41, 5.74) is 1.72. The van der Waals surface area contributed by atoms with Gasteiger partial charge in [-0.25, -0.2) is 17.6 Å². The molecule has 0 aliphatic carbocycles. The van der Waals surface area contributed by atoms with Gasteiger partial charge in [-0.3, -0.25) is 0 Å². The molecule has 0 atom stereocenters. The molecule has 0 bridgehead atoms. The summed E-state index contributed by atoms with van der Waals surface area (Å²) in [6.45, 7) is 6.92. The van der Waals surface area contributed by atoms with Crippen LogP contribution in [0.4, 0.5) is 17.6 Å². The van der Waals surface area contributed by atoms with Crippen molar-refractivity contribution in [2.75, 3.05) is 0 Å². The Bertz CT molecular complexity index is 1010. The molecule has 0 saturated carbocycles. The molecule has 2 aromatic rings.